The molecule has 1 atom stereocenters. The molecule has 0 saturated heterocycles. The highest BCUT2D eigenvalue weighted by Gasteiger charge is 2.12. The topological polar surface area (TPSA) is 84.9 Å². The summed E-state index contributed by atoms with van der Waals surface area (Å²) >= 11 is 0. The second-order valence-electron chi connectivity index (χ2n) is 2.73. The van der Waals surface area contributed by atoms with Gasteiger partial charge in [-0.3, -0.25) is 0 Å². The smallest absolute Gasteiger partial charge is 0.255 e. The van der Waals surface area contributed by atoms with Crippen LogP contribution in [0.1, 0.15) is 18.9 Å². The molecular weight excluding hydrogens is 184 g/mol. The Kier molecular flexibility index (Phi) is 2.19. The van der Waals surface area contributed by atoms with Crippen molar-refractivity contribution in [3.8, 4) is 11.5 Å². The van der Waals surface area contributed by atoms with Gasteiger partial charge in [0.15, 0.2) is 0 Å². The van der Waals surface area contributed by atoms with Crippen molar-refractivity contribution < 1.29 is 9.63 Å². The number of aliphatic hydroxyl groups is 1. The minimum Gasteiger partial charge on any atom is -0.384 e. The Hall–Kier alpha value is -1.82. The van der Waals surface area contributed by atoms with E-state index in [-0.39, 0.29) is 5.89 Å². The van der Waals surface area contributed by atoms with Crippen molar-refractivity contribution in [2.75, 3.05) is 0 Å². The Morgan fingerprint density at radius 1 is 1.50 bits per heavy atom. The van der Waals surface area contributed by atoms with Crippen molar-refractivity contribution in [1.29, 1.82) is 0 Å². The van der Waals surface area contributed by atoms with Crippen LogP contribution in [0.25, 0.3) is 11.5 Å². The molecule has 1 unspecified atom stereocenters. The van der Waals surface area contributed by atoms with Gasteiger partial charge in [-0.2, -0.15) is 4.98 Å². The summed E-state index contributed by atoms with van der Waals surface area (Å²) in [6, 6.07) is 1.66. The van der Waals surface area contributed by atoms with E-state index in [4.69, 9.17) is 9.63 Å². The van der Waals surface area contributed by atoms with Gasteiger partial charge in [0.05, 0.1) is 0 Å². The van der Waals surface area contributed by atoms with Gasteiger partial charge < -0.3 is 9.63 Å². The molecule has 6 heteroatoms. The molecule has 1 N–H and O–H groups in total. The zero-order valence-electron chi connectivity index (χ0n) is 7.45. The van der Waals surface area contributed by atoms with E-state index in [0.29, 0.717) is 11.5 Å². The molecule has 0 aliphatic rings. The zero-order valence-corrected chi connectivity index (χ0v) is 7.45. The summed E-state index contributed by atoms with van der Waals surface area (Å²) in [5, 5.41) is 12.8. The van der Waals surface area contributed by atoms with Crippen LogP contribution in [0.15, 0.2) is 23.1 Å². The second-order valence-corrected chi connectivity index (χ2v) is 2.73. The van der Waals surface area contributed by atoms with E-state index in [0.717, 1.165) is 0 Å². The molecule has 2 rings (SSSR count). The predicted molar refractivity (Wildman–Crippen MR) is 46.0 cm³/mol. The van der Waals surface area contributed by atoms with Crippen LogP contribution in [0.3, 0.4) is 0 Å². The number of hydrogen-bond donors (Lipinski definition) is 1. The average molecular weight is 192 g/mol. The summed E-state index contributed by atoms with van der Waals surface area (Å²) in [6.07, 6.45) is 2.21. The molecule has 2 heterocycles. The lowest BCUT2D eigenvalue weighted by Crippen LogP contribution is -1.91. The molecule has 72 valence electrons. The minimum absolute atomic E-state index is 0.179. The van der Waals surface area contributed by atoms with Gasteiger partial charge in [-0.15, -0.1) is 0 Å². The first kappa shape index (κ1) is 8.76. The molecule has 0 saturated carbocycles. The van der Waals surface area contributed by atoms with Crippen LogP contribution in [-0.4, -0.2) is 25.2 Å². The molecule has 14 heavy (non-hydrogen) atoms. The van der Waals surface area contributed by atoms with Crippen LogP contribution in [0.5, 0.6) is 0 Å². The SMILES string of the molecule is CC(O)c1nc(-c2ccncn2)no1. The summed E-state index contributed by atoms with van der Waals surface area (Å²) in [6.45, 7) is 1.55. The molecule has 0 aliphatic heterocycles. The third-order valence-electron chi connectivity index (χ3n) is 1.61. The Morgan fingerprint density at radius 2 is 2.36 bits per heavy atom. The van der Waals surface area contributed by atoms with Gasteiger partial charge in [0.25, 0.3) is 5.89 Å². The fourth-order valence-corrected chi connectivity index (χ4v) is 0.932. The highest BCUT2D eigenvalue weighted by atomic mass is 16.5. The average Bonchev–Trinajstić information content (AvgIpc) is 2.68. The Balaban J connectivity index is 2.34. The van der Waals surface area contributed by atoms with Crippen LogP contribution in [-0.2, 0) is 0 Å². The summed E-state index contributed by atoms with van der Waals surface area (Å²) in [4.78, 5) is 11.7. The molecule has 0 bridgehead atoms. The molecule has 0 aromatic carbocycles. The van der Waals surface area contributed by atoms with E-state index in [1.54, 1.807) is 19.2 Å². The van der Waals surface area contributed by atoms with Gasteiger partial charge in [0, 0.05) is 6.20 Å². The maximum Gasteiger partial charge on any atom is 0.255 e. The lowest BCUT2D eigenvalue weighted by atomic mass is 10.4. The number of nitrogens with zero attached hydrogens (tertiary/aromatic N) is 4. The quantitative estimate of drug-likeness (QED) is 0.749. The van der Waals surface area contributed by atoms with Crippen molar-refractivity contribution in [3.63, 3.8) is 0 Å². The van der Waals surface area contributed by atoms with E-state index < -0.39 is 6.10 Å². The maximum atomic E-state index is 9.15. The van der Waals surface area contributed by atoms with Crippen LogP contribution >= 0.6 is 0 Å². The van der Waals surface area contributed by atoms with E-state index in [1.165, 1.54) is 6.33 Å². The van der Waals surface area contributed by atoms with Gasteiger partial charge in [-0.05, 0) is 13.0 Å². The third kappa shape index (κ3) is 1.60. The fraction of sp³-hybridized carbons (Fsp3) is 0.250. The number of aromatic nitrogens is 4. The molecule has 0 fully saturated rings. The van der Waals surface area contributed by atoms with Crippen LogP contribution in [0.4, 0.5) is 0 Å². The Bertz CT molecular complexity index is 412. The molecule has 0 aliphatic carbocycles. The predicted octanol–water partition coefficient (Wildman–Crippen LogP) is 0.580. The largest absolute Gasteiger partial charge is 0.384 e. The lowest BCUT2D eigenvalue weighted by molar-refractivity contribution is 0.152. The molecule has 2 aromatic rings. The summed E-state index contributed by atoms with van der Waals surface area (Å²) in [5.41, 5.74) is 0.565. The fourth-order valence-electron chi connectivity index (χ4n) is 0.932. The monoisotopic (exact) mass is 192 g/mol. The highest BCUT2D eigenvalue weighted by molar-refractivity contribution is 5.46. The van der Waals surface area contributed by atoms with E-state index in [2.05, 4.69) is 20.1 Å². The maximum absolute atomic E-state index is 9.15. The van der Waals surface area contributed by atoms with Gasteiger partial charge in [0.1, 0.15) is 18.1 Å². The van der Waals surface area contributed by atoms with Crippen molar-refractivity contribution in [2.45, 2.75) is 13.0 Å². The molecule has 0 radical (unpaired) electrons. The first-order valence-corrected chi connectivity index (χ1v) is 4.05. The first-order chi connectivity index (χ1) is 6.77. The normalized spacial score (nSPS) is 12.7. The highest BCUT2D eigenvalue weighted by Crippen LogP contribution is 2.15. The summed E-state index contributed by atoms with van der Waals surface area (Å²) in [5.74, 6) is 0.530. The van der Waals surface area contributed by atoms with E-state index in [9.17, 15) is 0 Å². The van der Waals surface area contributed by atoms with Crippen molar-refractivity contribution in [1.82, 2.24) is 20.1 Å². The first-order valence-electron chi connectivity index (χ1n) is 4.05. The third-order valence-corrected chi connectivity index (χ3v) is 1.61. The van der Waals surface area contributed by atoms with Gasteiger partial charge in [0.2, 0.25) is 5.82 Å². The van der Waals surface area contributed by atoms with Gasteiger partial charge >= 0.3 is 0 Å². The molecule has 2 aromatic heterocycles. The van der Waals surface area contributed by atoms with Crippen molar-refractivity contribution in [3.05, 3.63) is 24.5 Å². The Morgan fingerprint density at radius 3 is 2.93 bits per heavy atom. The Labute approximate surface area is 79.6 Å². The zero-order chi connectivity index (χ0) is 9.97. The minimum atomic E-state index is -0.766. The molecule has 0 amide bonds. The van der Waals surface area contributed by atoms with E-state index >= 15 is 0 Å². The van der Waals surface area contributed by atoms with Crippen LogP contribution in [0.2, 0.25) is 0 Å². The van der Waals surface area contributed by atoms with Crippen LogP contribution < -0.4 is 0 Å². The van der Waals surface area contributed by atoms with Crippen molar-refractivity contribution >= 4 is 0 Å². The standard InChI is InChI=1S/C8H8N4O2/c1-5(13)8-11-7(12-14-8)6-2-3-9-4-10-6/h2-5,13H,1H3. The van der Waals surface area contributed by atoms with Crippen LogP contribution in [0, 0.1) is 0 Å². The molecule has 0 spiro atoms. The summed E-state index contributed by atoms with van der Waals surface area (Å²) in [7, 11) is 0. The van der Waals surface area contributed by atoms with E-state index in [1.807, 2.05) is 0 Å². The summed E-state index contributed by atoms with van der Waals surface area (Å²) < 4.78 is 4.81. The number of rotatable bonds is 2. The lowest BCUT2D eigenvalue weighted by Gasteiger charge is -1.92. The van der Waals surface area contributed by atoms with Gasteiger partial charge in [-0.25, -0.2) is 9.97 Å². The van der Waals surface area contributed by atoms with Crippen molar-refractivity contribution in [2.24, 2.45) is 0 Å². The van der Waals surface area contributed by atoms with Gasteiger partial charge in [-0.1, -0.05) is 5.16 Å². The molecular formula is C8H8N4O2. The molecule has 6 nitrogen and oxygen atoms in total. The second kappa shape index (κ2) is 3.51. The number of hydrogen-bond acceptors (Lipinski definition) is 6. The number of aliphatic hydroxyl groups excluding tert-OH is 1.